The minimum absolute atomic E-state index is 0.0793. The highest BCUT2D eigenvalue weighted by Gasteiger charge is 2.13. The highest BCUT2D eigenvalue weighted by Crippen LogP contribution is 2.18. The molecule has 0 saturated carbocycles. The maximum atomic E-state index is 12.2. The molecule has 1 atom stereocenters. The second-order valence-electron chi connectivity index (χ2n) is 8.07. The smallest absolute Gasteiger partial charge is 0.219 e. The van der Waals surface area contributed by atoms with Gasteiger partial charge in [-0.3, -0.25) is 9.69 Å². The number of carbonyl (C=O) groups excluding carboxylic acids is 1. The molecule has 31 heavy (non-hydrogen) atoms. The van der Waals surface area contributed by atoms with E-state index in [0.29, 0.717) is 30.3 Å². The third-order valence-electron chi connectivity index (χ3n) is 5.62. The number of nitrogens with one attached hydrogen (secondary N) is 1. The Hall–Kier alpha value is -2.18. The summed E-state index contributed by atoms with van der Waals surface area (Å²) in [5.74, 6) is 0.244. The second kappa shape index (κ2) is 13.3. The van der Waals surface area contributed by atoms with Crippen LogP contribution in [0.1, 0.15) is 57.1 Å². The Morgan fingerprint density at radius 2 is 1.52 bits per heavy atom. The fourth-order valence-electron chi connectivity index (χ4n) is 3.50. The zero-order valence-electron chi connectivity index (χ0n) is 18.8. The van der Waals surface area contributed by atoms with Crippen molar-refractivity contribution >= 4 is 15.7 Å². The molecule has 0 unspecified atom stereocenters. The number of benzene rings is 2. The molecule has 2 aromatic rings. The van der Waals surface area contributed by atoms with Gasteiger partial charge in [0.05, 0.1) is 10.6 Å². The molecule has 5 nitrogen and oxygen atoms in total. The van der Waals surface area contributed by atoms with E-state index in [-0.39, 0.29) is 11.7 Å². The highest BCUT2D eigenvalue weighted by atomic mass is 32.2. The Morgan fingerprint density at radius 1 is 0.903 bits per heavy atom. The van der Waals surface area contributed by atoms with Crippen molar-refractivity contribution in [1.82, 2.24) is 10.2 Å². The molecule has 0 aliphatic heterocycles. The average Bonchev–Trinajstić information content (AvgIpc) is 2.79. The van der Waals surface area contributed by atoms with Crippen LogP contribution in [0, 0.1) is 0 Å². The van der Waals surface area contributed by atoms with Gasteiger partial charge in [0, 0.05) is 25.6 Å². The lowest BCUT2D eigenvalue weighted by Crippen LogP contribution is -2.29. The van der Waals surface area contributed by atoms with Gasteiger partial charge in [-0.05, 0) is 50.9 Å². The van der Waals surface area contributed by atoms with Crippen molar-refractivity contribution in [3.05, 3.63) is 66.2 Å². The molecular weight excluding hydrogens is 408 g/mol. The maximum absolute atomic E-state index is 12.2. The molecule has 0 aromatic heterocycles. The second-order valence-corrected chi connectivity index (χ2v) is 10.2. The summed E-state index contributed by atoms with van der Waals surface area (Å²) in [6.07, 6.45) is 4.53. The van der Waals surface area contributed by atoms with Gasteiger partial charge < -0.3 is 5.32 Å². The van der Waals surface area contributed by atoms with Crippen LogP contribution in [-0.4, -0.2) is 45.1 Å². The van der Waals surface area contributed by atoms with Crippen LogP contribution in [0.5, 0.6) is 0 Å². The standard InChI is InChI=1S/C25H36N2O3S/c1-22(23-14-7-5-8-15-23)27(2)20-13-19-26-25(28)18-11-3-4-12-21-31(29,30)24-16-9-6-10-17-24/h5-10,14-17,22H,3-4,11-13,18-21H2,1-2H3,(H,26,28)/t22-/m1/s1. The molecule has 1 N–H and O–H groups in total. The van der Waals surface area contributed by atoms with Gasteiger partial charge in [0.1, 0.15) is 0 Å². The van der Waals surface area contributed by atoms with E-state index in [9.17, 15) is 13.2 Å². The topological polar surface area (TPSA) is 66.5 Å². The largest absolute Gasteiger partial charge is 0.356 e. The Morgan fingerprint density at radius 3 is 2.19 bits per heavy atom. The van der Waals surface area contributed by atoms with E-state index in [2.05, 4.69) is 48.5 Å². The highest BCUT2D eigenvalue weighted by molar-refractivity contribution is 7.91. The van der Waals surface area contributed by atoms with Crippen LogP contribution in [0.4, 0.5) is 0 Å². The molecule has 0 aliphatic rings. The van der Waals surface area contributed by atoms with Crippen molar-refractivity contribution in [1.29, 1.82) is 0 Å². The van der Waals surface area contributed by atoms with Crippen molar-refractivity contribution in [3.63, 3.8) is 0 Å². The first kappa shape index (κ1) is 25.1. The molecule has 0 fully saturated rings. The Balaban J connectivity index is 1.51. The molecule has 2 rings (SSSR count). The van der Waals surface area contributed by atoms with Crippen LogP contribution in [0.25, 0.3) is 0 Å². The van der Waals surface area contributed by atoms with Gasteiger partial charge in [0.25, 0.3) is 0 Å². The fraction of sp³-hybridized carbons (Fsp3) is 0.480. The molecule has 2 aromatic carbocycles. The number of rotatable bonds is 14. The lowest BCUT2D eigenvalue weighted by molar-refractivity contribution is -0.121. The SMILES string of the molecule is C[C@H](c1ccccc1)N(C)CCCNC(=O)CCCCCCS(=O)(=O)c1ccccc1. The number of hydrogen-bond donors (Lipinski definition) is 1. The molecule has 0 heterocycles. The summed E-state index contributed by atoms with van der Waals surface area (Å²) in [5, 5.41) is 2.99. The summed E-state index contributed by atoms with van der Waals surface area (Å²) in [6.45, 7) is 3.80. The van der Waals surface area contributed by atoms with E-state index in [4.69, 9.17) is 0 Å². The van der Waals surface area contributed by atoms with Gasteiger partial charge in [-0.25, -0.2) is 8.42 Å². The number of sulfone groups is 1. The third-order valence-corrected chi connectivity index (χ3v) is 7.44. The van der Waals surface area contributed by atoms with E-state index < -0.39 is 9.84 Å². The molecule has 0 radical (unpaired) electrons. The van der Waals surface area contributed by atoms with Crippen LogP contribution < -0.4 is 5.32 Å². The molecule has 6 heteroatoms. The van der Waals surface area contributed by atoms with Gasteiger partial charge in [0.2, 0.25) is 5.91 Å². The summed E-state index contributed by atoms with van der Waals surface area (Å²) >= 11 is 0. The minimum Gasteiger partial charge on any atom is -0.356 e. The van der Waals surface area contributed by atoms with Crippen molar-refractivity contribution < 1.29 is 13.2 Å². The maximum Gasteiger partial charge on any atom is 0.219 e. The first-order valence-electron chi connectivity index (χ1n) is 11.2. The van der Waals surface area contributed by atoms with Crippen LogP contribution in [0.2, 0.25) is 0 Å². The predicted molar refractivity (Wildman–Crippen MR) is 127 cm³/mol. The third kappa shape index (κ3) is 9.23. The van der Waals surface area contributed by atoms with Crippen LogP contribution in [0.15, 0.2) is 65.6 Å². The Bertz CT molecular complexity index is 870. The molecule has 0 saturated heterocycles. The van der Waals surface area contributed by atoms with Crippen molar-refractivity contribution in [3.8, 4) is 0 Å². The van der Waals surface area contributed by atoms with Gasteiger partial charge in [-0.2, -0.15) is 0 Å². The van der Waals surface area contributed by atoms with Gasteiger partial charge >= 0.3 is 0 Å². The van der Waals surface area contributed by atoms with E-state index in [0.717, 1.165) is 32.2 Å². The van der Waals surface area contributed by atoms with E-state index in [1.165, 1.54) is 5.56 Å². The molecule has 0 spiro atoms. The van der Waals surface area contributed by atoms with E-state index in [1.807, 2.05) is 12.1 Å². The van der Waals surface area contributed by atoms with E-state index in [1.54, 1.807) is 24.3 Å². The summed E-state index contributed by atoms with van der Waals surface area (Å²) in [6, 6.07) is 19.3. The number of amides is 1. The Labute approximate surface area is 187 Å². The number of nitrogens with zero attached hydrogens (tertiary/aromatic N) is 1. The van der Waals surface area contributed by atoms with Crippen LogP contribution in [-0.2, 0) is 14.6 Å². The zero-order chi connectivity index (χ0) is 22.5. The number of carbonyl (C=O) groups is 1. The lowest BCUT2D eigenvalue weighted by Gasteiger charge is -2.25. The summed E-state index contributed by atoms with van der Waals surface area (Å²) in [7, 11) is -1.08. The van der Waals surface area contributed by atoms with Crippen molar-refractivity contribution in [2.75, 3.05) is 25.9 Å². The van der Waals surface area contributed by atoms with Gasteiger partial charge in [-0.15, -0.1) is 0 Å². The monoisotopic (exact) mass is 444 g/mol. The average molecular weight is 445 g/mol. The molecule has 0 aliphatic carbocycles. The number of hydrogen-bond acceptors (Lipinski definition) is 4. The molecular formula is C25H36N2O3S. The Kier molecular flexibility index (Phi) is 10.7. The van der Waals surface area contributed by atoms with Gasteiger partial charge in [0.15, 0.2) is 9.84 Å². The molecule has 0 bridgehead atoms. The summed E-state index contributed by atoms with van der Waals surface area (Å²) in [5.41, 5.74) is 1.30. The fourth-order valence-corrected chi connectivity index (χ4v) is 4.89. The van der Waals surface area contributed by atoms with Crippen LogP contribution in [0.3, 0.4) is 0 Å². The number of unbranched alkanes of at least 4 members (excludes halogenated alkanes) is 3. The lowest BCUT2D eigenvalue weighted by atomic mass is 10.1. The molecule has 1 amide bonds. The minimum atomic E-state index is -3.19. The summed E-state index contributed by atoms with van der Waals surface area (Å²) in [4.78, 5) is 14.7. The van der Waals surface area contributed by atoms with Gasteiger partial charge in [-0.1, -0.05) is 61.4 Å². The molecule has 170 valence electrons. The van der Waals surface area contributed by atoms with E-state index >= 15 is 0 Å². The quantitative estimate of drug-likeness (QED) is 0.432. The first-order valence-corrected chi connectivity index (χ1v) is 12.8. The van der Waals surface area contributed by atoms with Crippen molar-refractivity contribution in [2.45, 2.75) is 56.4 Å². The first-order chi connectivity index (χ1) is 14.9. The van der Waals surface area contributed by atoms with Crippen molar-refractivity contribution in [2.24, 2.45) is 0 Å². The summed E-state index contributed by atoms with van der Waals surface area (Å²) < 4.78 is 24.4. The zero-order valence-corrected chi connectivity index (χ0v) is 19.6. The predicted octanol–water partition coefficient (Wildman–Crippen LogP) is 4.61. The normalized spacial score (nSPS) is 12.6. The van der Waals surface area contributed by atoms with Crippen LogP contribution >= 0.6 is 0 Å².